The molecule has 8 nitrogen and oxygen atoms in total. The van der Waals surface area contributed by atoms with Gasteiger partial charge in [0.25, 0.3) is 0 Å². The van der Waals surface area contributed by atoms with E-state index in [1.54, 1.807) is 6.20 Å². The van der Waals surface area contributed by atoms with Crippen LogP contribution in [0.4, 0.5) is 0 Å². The molecule has 32 heavy (non-hydrogen) atoms. The molecule has 0 atom stereocenters. The Balaban J connectivity index is 1.28. The molecule has 4 rings (SSSR count). The minimum Gasteiger partial charge on any atom is -0.340 e. The molecule has 2 fully saturated rings. The van der Waals surface area contributed by atoms with Crippen LogP contribution in [0, 0.1) is 17.2 Å². The number of pyridine rings is 1. The second-order valence-corrected chi connectivity index (χ2v) is 10.2. The molecule has 9 heteroatoms. The van der Waals surface area contributed by atoms with E-state index >= 15 is 0 Å². The maximum absolute atomic E-state index is 13.0. The minimum atomic E-state index is -3.61. The third kappa shape index (κ3) is 4.99. The average Bonchev–Trinajstić information content (AvgIpc) is 2.85. The van der Waals surface area contributed by atoms with Crippen LogP contribution < -0.4 is 0 Å². The highest BCUT2D eigenvalue weighted by atomic mass is 32.2. The van der Waals surface area contributed by atoms with Gasteiger partial charge < -0.3 is 4.90 Å². The molecule has 3 heterocycles. The highest BCUT2D eigenvalue weighted by Crippen LogP contribution is 2.26. The average molecular weight is 454 g/mol. The van der Waals surface area contributed by atoms with Gasteiger partial charge in [-0.25, -0.2) is 8.42 Å². The smallest absolute Gasteiger partial charge is 0.243 e. The first-order valence-electron chi connectivity index (χ1n) is 10.9. The van der Waals surface area contributed by atoms with Gasteiger partial charge in [-0.2, -0.15) is 9.57 Å². The van der Waals surface area contributed by atoms with Crippen LogP contribution >= 0.6 is 0 Å². The Labute approximate surface area is 189 Å². The third-order valence-electron chi connectivity index (χ3n) is 6.24. The summed E-state index contributed by atoms with van der Waals surface area (Å²) in [7, 11) is -3.61. The third-order valence-corrected chi connectivity index (χ3v) is 8.15. The number of carbonyl (C=O) groups excluding carboxylic acids is 1. The molecule has 0 bridgehead atoms. The number of nitriles is 1. The number of sulfonamides is 1. The summed E-state index contributed by atoms with van der Waals surface area (Å²) in [5, 5.41) is 8.90. The van der Waals surface area contributed by atoms with Crippen molar-refractivity contribution in [1.82, 2.24) is 19.1 Å². The van der Waals surface area contributed by atoms with Crippen LogP contribution in [-0.4, -0.2) is 72.7 Å². The van der Waals surface area contributed by atoms with E-state index in [-0.39, 0.29) is 16.7 Å². The minimum absolute atomic E-state index is 0.132. The van der Waals surface area contributed by atoms with Gasteiger partial charge in [0.05, 0.1) is 16.5 Å². The van der Waals surface area contributed by atoms with Crippen molar-refractivity contribution < 1.29 is 13.2 Å². The number of rotatable bonds is 5. The van der Waals surface area contributed by atoms with Crippen LogP contribution in [0.5, 0.6) is 0 Å². The monoisotopic (exact) mass is 453 g/mol. The van der Waals surface area contributed by atoms with Crippen LogP contribution in [0.3, 0.4) is 0 Å². The van der Waals surface area contributed by atoms with Crippen LogP contribution in [-0.2, 0) is 21.4 Å². The summed E-state index contributed by atoms with van der Waals surface area (Å²) in [5.74, 6) is 0.00809. The predicted molar refractivity (Wildman–Crippen MR) is 119 cm³/mol. The SMILES string of the molecule is N#Cc1ccc(S(=O)(=O)N2CCC(C(=O)N3CCN(Cc4cccnc4)CC3)CC2)cc1. The Kier molecular flexibility index (Phi) is 6.84. The lowest BCUT2D eigenvalue weighted by molar-refractivity contribution is -0.138. The molecule has 1 aromatic heterocycles. The van der Waals surface area contributed by atoms with Crippen LogP contribution in [0.15, 0.2) is 53.7 Å². The summed E-state index contributed by atoms with van der Waals surface area (Å²) in [6, 6.07) is 11.9. The zero-order valence-corrected chi connectivity index (χ0v) is 18.7. The van der Waals surface area contributed by atoms with Gasteiger partial charge in [0.2, 0.25) is 15.9 Å². The number of piperidine rings is 1. The molecule has 1 aromatic carbocycles. The van der Waals surface area contributed by atoms with E-state index in [0.717, 1.165) is 19.6 Å². The molecule has 1 amide bonds. The summed E-state index contributed by atoms with van der Waals surface area (Å²) < 4.78 is 27.2. The van der Waals surface area contributed by atoms with Crippen molar-refractivity contribution in [2.24, 2.45) is 5.92 Å². The second-order valence-electron chi connectivity index (χ2n) is 8.28. The molecule has 2 aliphatic heterocycles. The fourth-order valence-electron chi connectivity index (χ4n) is 4.33. The Hall–Kier alpha value is -2.80. The summed E-state index contributed by atoms with van der Waals surface area (Å²) in [6.45, 7) is 4.55. The van der Waals surface area contributed by atoms with E-state index in [0.29, 0.717) is 44.6 Å². The Morgan fingerprint density at radius 3 is 2.31 bits per heavy atom. The molecule has 2 saturated heterocycles. The quantitative estimate of drug-likeness (QED) is 0.684. The molecule has 0 radical (unpaired) electrons. The fraction of sp³-hybridized carbons (Fsp3) is 0.435. The molecule has 0 spiro atoms. The summed E-state index contributed by atoms with van der Waals surface area (Å²) in [5.41, 5.74) is 1.59. The van der Waals surface area contributed by atoms with Gasteiger partial charge in [-0.3, -0.25) is 14.7 Å². The topological polar surface area (TPSA) is 97.6 Å². The standard InChI is InChI=1S/C23H27N5O3S/c24-16-19-3-5-22(6-4-19)32(30,31)28-10-7-21(8-11-28)23(29)27-14-12-26(13-15-27)18-20-2-1-9-25-17-20/h1-6,9,17,21H,7-8,10-15,18H2. The lowest BCUT2D eigenvalue weighted by Gasteiger charge is -2.38. The second kappa shape index (κ2) is 9.77. The van der Waals surface area contributed by atoms with Gasteiger partial charge in [0.1, 0.15) is 0 Å². The number of carbonyl (C=O) groups is 1. The molecule has 2 aliphatic rings. The number of benzene rings is 1. The number of amides is 1. The van der Waals surface area contributed by atoms with Crippen molar-refractivity contribution in [2.45, 2.75) is 24.3 Å². The molecule has 168 valence electrons. The Bertz CT molecular complexity index is 1070. The van der Waals surface area contributed by atoms with Crippen LogP contribution in [0.25, 0.3) is 0 Å². The van der Waals surface area contributed by atoms with Gasteiger partial charge in [0.15, 0.2) is 0 Å². The molecular formula is C23H27N5O3S. The molecule has 0 saturated carbocycles. The van der Waals surface area contributed by atoms with Crippen molar-refractivity contribution in [1.29, 1.82) is 5.26 Å². The largest absolute Gasteiger partial charge is 0.340 e. The highest BCUT2D eigenvalue weighted by molar-refractivity contribution is 7.89. The number of aromatic nitrogens is 1. The lowest BCUT2D eigenvalue weighted by atomic mass is 9.96. The van der Waals surface area contributed by atoms with Gasteiger partial charge in [-0.05, 0) is 48.7 Å². The number of nitrogens with zero attached hydrogens (tertiary/aromatic N) is 5. The van der Waals surface area contributed by atoms with Crippen LogP contribution in [0.2, 0.25) is 0 Å². The van der Waals surface area contributed by atoms with Crippen molar-refractivity contribution >= 4 is 15.9 Å². The molecule has 0 unspecified atom stereocenters. The first-order valence-corrected chi connectivity index (χ1v) is 12.3. The molecular weight excluding hydrogens is 426 g/mol. The van der Waals surface area contributed by atoms with Crippen molar-refractivity contribution in [3.8, 4) is 6.07 Å². The van der Waals surface area contributed by atoms with E-state index in [1.807, 2.05) is 23.2 Å². The first kappa shape index (κ1) is 22.4. The van der Waals surface area contributed by atoms with Gasteiger partial charge in [-0.15, -0.1) is 0 Å². The van der Waals surface area contributed by atoms with E-state index in [4.69, 9.17) is 5.26 Å². The maximum Gasteiger partial charge on any atom is 0.243 e. The molecule has 0 aliphatic carbocycles. The van der Waals surface area contributed by atoms with E-state index < -0.39 is 10.0 Å². The highest BCUT2D eigenvalue weighted by Gasteiger charge is 2.34. The Morgan fingerprint density at radius 1 is 1.03 bits per heavy atom. The van der Waals surface area contributed by atoms with Crippen molar-refractivity contribution in [3.63, 3.8) is 0 Å². The van der Waals surface area contributed by atoms with Gasteiger partial charge in [-0.1, -0.05) is 6.07 Å². The number of hydrogen-bond acceptors (Lipinski definition) is 6. The van der Waals surface area contributed by atoms with Crippen LogP contribution in [0.1, 0.15) is 24.0 Å². The van der Waals surface area contributed by atoms with Gasteiger partial charge >= 0.3 is 0 Å². The normalized spacial score (nSPS) is 18.9. The maximum atomic E-state index is 13.0. The lowest BCUT2D eigenvalue weighted by Crippen LogP contribution is -2.51. The number of hydrogen-bond donors (Lipinski definition) is 0. The zero-order chi connectivity index (χ0) is 22.6. The number of piperazine rings is 1. The van der Waals surface area contributed by atoms with Crippen molar-refractivity contribution in [3.05, 3.63) is 59.9 Å². The van der Waals surface area contributed by atoms with Crippen molar-refractivity contribution in [2.75, 3.05) is 39.3 Å². The first-order chi connectivity index (χ1) is 15.5. The zero-order valence-electron chi connectivity index (χ0n) is 17.9. The predicted octanol–water partition coefficient (Wildman–Crippen LogP) is 1.70. The van der Waals surface area contributed by atoms with E-state index in [1.165, 1.54) is 34.1 Å². The summed E-state index contributed by atoms with van der Waals surface area (Å²) in [6.07, 6.45) is 4.70. The van der Waals surface area contributed by atoms with E-state index in [2.05, 4.69) is 16.0 Å². The van der Waals surface area contributed by atoms with E-state index in [9.17, 15) is 13.2 Å². The van der Waals surface area contributed by atoms with Gasteiger partial charge in [0, 0.05) is 64.1 Å². The summed E-state index contributed by atoms with van der Waals surface area (Å²) in [4.78, 5) is 21.6. The Morgan fingerprint density at radius 2 is 1.72 bits per heavy atom. The fourth-order valence-corrected chi connectivity index (χ4v) is 5.80. The summed E-state index contributed by atoms with van der Waals surface area (Å²) >= 11 is 0. The molecule has 0 N–H and O–H groups in total. The molecule has 2 aromatic rings.